The SMILES string of the molecule is NCCc1cnn(-c2cnccn2)c1. The number of nitrogens with zero attached hydrogens (tertiary/aromatic N) is 4. The average molecular weight is 189 g/mol. The van der Waals surface area contributed by atoms with E-state index >= 15 is 0 Å². The van der Waals surface area contributed by atoms with Crippen LogP contribution in [0.25, 0.3) is 5.82 Å². The maximum Gasteiger partial charge on any atom is 0.171 e. The van der Waals surface area contributed by atoms with Crippen LogP contribution >= 0.6 is 0 Å². The molecular weight excluding hydrogens is 178 g/mol. The van der Waals surface area contributed by atoms with E-state index in [2.05, 4.69) is 15.1 Å². The topological polar surface area (TPSA) is 69.6 Å². The number of rotatable bonds is 3. The van der Waals surface area contributed by atoms with Gasteiger partial charge < -0.3 is 5.73 Å². The maximum atomic E-state index is 5.44. The van der Waals surface area contributed by atoms with Crippen molar-refractivity contribution in [1.82, 2.24) is 19.7 Å². The molecule has 0 atom stereocenters. The molecule has 0 aliphatic heterocycles. The van der Waals surface area contributed by atoms with Crippen LogP contribution in [0, 0.1) is 0 Å². The second-order valence-corrected chi connectivity index (χ2v) is 2.90. The van der Waals surface area contributed by atoms with Crippen LogP contribution in [0.15, 0.2) is 31.0 Å². The smallest absolute Gasteiger partial charge is 0.171 e. The third-order valence-electron chi connectivity index (χ3n) is 1.85. The van der Waals surface area contributed by atoms with Crippen molar-refractivity contribution in [2.45, 2.75) is 6.42 Å². The fourth-order valence-corrected chi connectivity index (χ4v) is 1.19. The minimum atomic E-state index is 0.631. The minimum Gasteiger partial charge on any atom is -0.330 e. The number of nitrogens with two attached hydrogens (primary N) is 1. The summed E-state index contributed by atoms with van der Waals surface area (Å²) in [6.45, 7) is 0.631. The van der Waals surface area contributed by atoms with Gasteiger partial charge in [0.05, 0.1) is 12.4 Å². The van der Waals surface area contributed by atoms with E-state index < -0.39 is 0 Å². The molecule has 72 valence electrons. The van der Waals surface area contributed by atoms with E-state index in [1.165, 1.54) is 0 Å². The Hall–Kier alpha value is -1.75. The molecule has 0 aliphatic carbocycles. The van der Waals surface area contributed by atoms with Crippen LogP contribution in [-0.2, 0) is 6.42 Å². The molecule has 0 aromatic carbocycles. The summed E-state index contributed by atoms with van der Waals surface area (Å²) < 4.78 is 1.69. The Labute approximate surface area is 81.6 Å². The monoisotopic (exact) mass is 189 g/mol. The predicted molar refractivity (Wildman–Crippen MR) is 51.9 cm³/mol. The normalized spacial score (nSPS) is 10.4. The van der Waals surface area contributed by atoms with Gasteiger partial charge >= 0.3 is 0 Å². The fraction of sp³-hybridized carbons (Fsp3) is 0.222. The van der Waals surface area contributed by atoms with Crippen molar-refractivity contribution in [1.29, 1.82) is 0 Å². The lowest BCUT2D eigenvalue weighted by atomic mass is 10.3. The molecule has 0 saturated carbocycles. The first kappa shape index (κ1) is 8.83. The van der Waals surface area contributed by atoms with Crippen molar-refractivity contribution < 1.29 is 0 Å². The summed E-state index contributed by atoms with van der Waals surface area (Å²) in [6, 6.07) is 0. The summed E-state index contributed by atoms with van der Waals surface area (Å²) in [5.74, 6) is 0.718. The molecule has 0 radical (unpaired) electrons. The van der Waals surface area contributed by atoms with E-state index in [4.69, 9.17) is 5.73 Å². The van der Waals surface area contributed by atoms with Gasteiger partial charge in [-0.05, 0) is 18.5 Å². The molecule has 2 N–H and O–H groups in total. The molecule has 0 aliphatic rings. The quantitative estimate of drug-likeness (QED) is 0.746. The third-order valence-corrected chi connectivity index (χ3v) is 1.85. The maximum absolute atomic E-state index is 5.44. The van der Waals surface area contributed by atoms with Gasteiger partial charge in [-0.3, -0.25) is 4.98 Å². The number of hydrogen-bond donors (Lipinski definition) is 1. The first-order valence-electron chi connectivity index (χ1n) is 4.40. The highest BCUT2D eigenvalue weighted by molar-refractivity contribution is 5.18. The summed E-state index contributed by atoms with van der Waals surface area (Å²) in [5, 5.41) is 4.16. The van der Waals surface area contributed by atoms with Crippen LogP contribution in [0.2, 0.25) is 0 Å². The molecule has 2 aromatic heterocycles. The van der Waals surface area contributed by atoms with Gasteiger partial charge in [0.25, 0.3) is 0 Å². The molecule has 0 unspecified atom stereocenters. The lowest BCUT2D eigenvalue weighted by molar-refractivity contribution is 0.836. The summed E-state index contributed by atoms with van der Waals surface area (Å²) in [5.41, 5.74) is 6.55. The molecule has 2 rings (SSSR count). The van der Waals surface area contributed by atoms with E-state index in [0.717, 1.165) is 17.8 Å². The van der Waals surface area contributed by atoms with Crippen LogP contribution < -0.4 is 5.73 Å². The number of hydrogen-bond acceptors (Lipinski definition) is 4. The Morgan fingerprint density at radius 2 is 2.21 bits per heavy atom. The molecule has 14 heavy (non-hydrogen) atoms. The molecule has 0 bridgehead atoms. The van der Waals surface area contributed by atoms with E-state index in [1.54, 1.807) is 29.5 Å². The van der Waals surface area contributed by atoms with Crippen molar-refractivity contribution in [3.05, 3.63) is 36.5 Å². The Balaban J connectivity index is 2.25. The van der Waals surface area contributed by atoms with Crippen molar-refractivity contribution in [3.63, 3.8) is 0 Å². The Morgan fingerprint density at radius 1 is 1.29 bits per heavy atom. The Kier molecular flexibility index (Phi) is 2.51. The highest BCUT2D eigenvalue weighted by Crippen LogP contribution is 2.03. The van der Waals surface area contributed by atoms with Gasteiger partial charge in [0, 0.05) is 18.6 Å². The molecule has 0 amide bonds. The van der Waals surface area contributed by atoms with Crippen molar-refractivity contribution >= 4 is 0 Å². The summed E-state index contributed by atoms with van der Waals surface area (Å²) in [6.07, 6.45) is 9.48. The van der Waals surface area contributed by atoms with Crippen molar-refractivity contribution in [2.75, 3.05) is 6.54 Å². The van der Waals surface area contributed by atoms with Gasteiger partial charge in [0.1, 0.15) is 0 Å². The van der Waals surface area contributed by atoms with Crippen molar-refractivity contribution in [3.8, 4) is 5.82 Å². The summed E-state index contributed by atoms with van der Waals surface area (Å²) in [4.78, 5) is 8.10. The second kappa shape index (κ2) is 3.97. The van der Waals surface area contributed by atoms with Crippen LogP contribution in [0.3, 0.4) is 0 Å². The first-order valence-corrected chi connectivity index (χ1v) is 4.40. The van der Waals surface area contributed by atoms with Gasteiger partial charge in [-0.2, -0.15) is 5.10 Å². The first-order chi connectivity index (χ1) is 6.90. The highest BCUT2D eigenvalue weighted by atomic mass is 15.3. The molecule has 2 aromatic rings. The van der Waals surface area contributed by atoms with E-state index in [9.17, 15) is 0 Å². The molecule has 0 saturated heterocycles. The molecule has 2 heterocycles. The third kappa shape index (κ3) is 1.77. The Bertz CT molecular complexity index is 395. The fourth-order valence-electron chi connectivity index (χ4n) is 1.19. The van der Waals surface area contributed by atoms with Crippen LogP contribution in [0.5, 0.6) is 0 Å². The zero-order valence-corrected chi connectivity index (χ0v) is 7.67. The molecule has 5 heteroatoms. The lowest BCUT2D eigenvalue weighted by Gasteiger charge is -1.96. The minimum absolute atomic E-state index is 0.631. The second-order valence-electron chi connectivity index (χ2n) is 2.90. The predicted octanol–water partition coefficient (Wildman–Crippen LogP) is 0.163. The molecule has 0 spiro atoms. The van der Waals surface area contributed by atoms with Crippen molar-refractivity contribution in [2.24, 2.45) is 5.73 Å². The molecule has 5 nitrogen and oxygen atoms in total. The van der Waals surface area contributed by atoms with E-state index in [1.807, 2.05) is 6.20 Å². The van der Waals surface area contributed by atoms with Gasteiger partial charge in [-0.1, -0.05) is 0 Å². The van der Waals surface area contributed by atoms with Crippen LogP contribution in [-0.4, -0.2) is 26.3 Å². The number of aromatic nitrogens is 4. The van der Waals surface area contributed by atoms with Gasteiger partial charge in [0.2, 0.25) is 0 Å². The zero-order valence-electron chi connectivity index (χ0n) is 7.67. The molecular formula is C9H11N5. The van der Waals surface area contributed by atoms with E-state index in [0.29, 0.717) is 6.54 Å². The van der Waals surface area contributed by atoms with Crippen LogP contribution in [0.4, 0.5) is 0 Å². The highest BCUT2D eigenvalue weighted by Gasteiger charge is 2.00. The van der Waals surface area contributed by atoms with Gasteiger partial charge in [-0.15, -0.1) is 0 Å². The summed E-state index contributed by atoms with van der Waals surface area (Å²) >= 11 is 0. The summed E-state index contributed by atoms with van der Waals surface area (Å²) in [7, 11) is 0. The average Bonchev–Trinajstić information content (AvgIpc) is 2.68. The molecule has 0 fully saturated rings. The Morgan fingerprint density at radius 3 is 2.93 bits per heavy atom. The van der Waals surface area contributed by atoms with Crippen LogP contribution in [0.1, 0.15) is 5.56 Å². The van der Waals surface area contributed by atoms with Gasteiger partial charge in [-0.25, -0.2) is 9.67 Å². The lowest BCUT2D eigenvalue weighted by Crippen LogP contribution is -2.02. The largest absolute Gasteiger partial charge is 0.330 e. The zero-order chi connectivity index (χ0) is 9.80. The van der Waals surface area contributed by atoms with E-state index in [-0.39, 0.29) is 0 Å². The van der Waals surface area contributed by atoms with Gasteiger partial charge in [0.15, 0.2) is 5.82 Å². The standard InChI is InChI=1S/C9H11N5/c10-2-1-8-5-13-14(7-8)9-6-11-3-4-12-9/h3-7H,1-2,10H2.